The number of anilines is 2. The number of nitrogens with zero attached hydrogens (tertiary/aromatic N) is 2. The molecule has 1 heterocycles. The number of hydrogen-bond acceptors (Lipinski definition) is 3. The van der Waals surface area contributed by atoms with E-state index in [0.717, 1.165) is 11.3 Å². The molecule has 2 rings (SSSR count). The van der Waals surface area contributed by atoms with Gasteiger partial charge in [-0.3, -0.25) is 9.48 Å². The molecule has 5 heteroatoms. The van der Waals surface area contributed by atoms with Crippen LogP contribution in [0, 0.1) is 13.8 Å². The fourth-order valence-corrected chi connectivity index (χ4v) is 1.74. The van der Waals surface area contributed by atoms with Gasteiger partial charge in [0.05, 0.1) is 17.1 Å². The Bertz CT molecular complexity index is 554. The summed E-state index contributed by atoms with van der Waals surface area (Å²) in [5.41, 5.74) is 8.90. The summed E-state index contributed by atoms with van der Waals surface area (Å²) in [6, 6.07) is 7.39. The maximum atomic E-state index is 11.9. The molecule has 0 fully saturated rings. The van der Waals surface area contributed by atoms with Crippen LogP contribution < -0.4 is 11.1 Å². The molecule has 0 aliphatic heterocycles. The fraction of sp³-hybridized carbons (Fsp3) is 0.231. The molecular weight excluding hydrogens is 228 g/mol. The van der Waals surface area contributed by atoms with Crippen LogP contribution in [0.15, 0.2) is 30.5 Å². The molecule has 94 valence electrons. The summed E-state index contributed by atoms with van der Waals surface area (Å²) in [7, 11) is 0. The molecule has 2 aromatic rings. The number of rotatable bonds is 3. The van der Waals surface area contributed by atoms with Gasteiger partial charge in [-0.05, 0) is 31.5 Å². The molecule has 0 aliphatic carbocycles. The molecule has 5 nitrogen and oxygen atoms in total. The van der Waals surface area contributed by atoms with Crippen LogP contribution in [0.2, 0.25) is 0 Å². The standard InChI is InChI=1S/C13H16N4O/c1-9-4-3-5-11(14)13(9)15-12(18)8-17-7-6-10(2)16-17/h3-7H,8,14H2,1-2H3,(H,15,18). The van der Waals surface area contributed by atoms with E-state index in [2.05, 4.69) is 10.4 Å². The van der Waals surface area contributed by atoms with E-state index in [1.165, 1.54) is 0 Å². The lowest BCUT2D eigenvalue weighted by atomic mass is 10.1. The van der Waals surface area contributed by atoms with E-state index in [-0.39, 0.29) is 12.5 Å². The summed E-state index contributed by atoms with van der Waals surface area (Å²) in [6.45, 7) is 3.97. The topological polar surface area (TPSA) is 72.9 Å². The first-order chi connectivity index (χ1) is 8.56. The van der Waals surface area contributed by atoms with E-state index in [4.69, 9.17) is 5.73 Å². The van der Waals surface area contributed by atoms with Crippen molar-refractivity contribution in [2.45, 2.75) is 20.4 Å². The highest BCUT2D eigenvalue weighted by molar-refractivity contribution is 5.94. The lowest BCUT2D eigenvalue weighted by Crippen LogP contribution is -2.20. The van der Waals surface area contributed by atoms with Crippen LogP contribution in [-0.2, 0) is 11.3 Å². The van der Waals surface area contributed by atoms with Gasteiger partial charge in [-0.25, -0.2) is 0 Å². The molecule has 3 N–H and O–H groups in total. The Morgan fingerprint density at radius 3 is 2.78 bits per heavy atom. The van der Waals surface area contributed by atoms with Gasteiger partial charge in [-0.15, -0.1) is 0 Å². The van der Waals surface area contributed by atoms with Crippen LogP contribution in [0.4, 0.5) is 11.4 Å². The SMILES string of the molecule is Cc1ccn(CC(=O)Nc2c(C)cccc2N)n1. The fourth-order valence-electron chi connectivity index (χ4n) is 1.74. The van der Waals surface area contributed by atoms with E-state index in [0.29, 0.717) is 11.4 Å². The average Bonchev–Trinajstić information content (AvgIpc) is 2.69. The number of nitrogen functional groups attached to an aromatic ring is 1. The molecule has 0 aliphatic rings. The number of para-hydroxylation sites is 1. The molecule has 1 aromatic carbocycles. The maximum absolute atomic E-state index is 11.9. The number of benzene rings is 1. The second-order valence-electron chi connectivity index (χ2n) is 4.24. The average molecular weight is 244 g/mol. The zero-order valence-electron chi connectivity index (χ0n) is 10.5. The predicted molar refractivity (Wildman–Crippen MR) is 71.2 cm³/mol. The third-order valence-electron chi connectivity index (χ3n) is 2.65. The molecule has 1 amide bonds. The number of nitrogens with two attached hydrogens (primary N) is 1. The molecule has 0 atom stereocenters. The summed E-state index contributed by atoms with van der Waals surface area (Å²) < 4.78 is 1.60. The summed E-state index contributed by atoms with van der Waals surface area (Å²) in [5.74, 6) is -0.140. The molecule has 0 radical (unpaired) electrons. The smallest absolute Gasteiger partial charge is 0.246 e. The van der Waals surface area contributed by atoms with Crippen LogP contribution in [0.25, 0.3) is 0 Å². The highest BCUT2D eigenvalue weighted by Crippen LogP contribution is 2.22. The second kappa shape index (κ2) is 4.91. The van der Waals surface area contributed by atoms with Gasteiger partial charge in [0, 0.05) is 6.20 Å². The van der Waals surface area contributed by atoms with Gasteiger partial charge >= 0.3 is 0 Å². The number of nitrogens with one attached hydrogen (secondary N) is 1. The normalized spacial score (nSPS) is 10.3. The maximum Gasteiger partial charge on any atom is 0.246 e. The zero-order chi connectivity index (χ0) is 13.1. The highest BCUT2D eigenvalue weighted by Gasteiger charge is 2.08. The molecule has 1 aromatic heterocycles. The van der Waals surface area contributed by atoms with E-state index in [9.17, 15) is 4.79 Å². The quantitative estimate of drug-likeness (QED) is 0.807. The minimum Gasteiger partial charge on any atom is -0.397 e. The van der Waals surface area contributed by atoms with Crippen LogP contribution in [0.3, 0.4) is 0 Å². The summed E-state index contributed by atoms with van der Waals surface area (Å²) in [5, 5.41) is 6.97. The van der Waals surface area contributed by atoms with Crippen molar-refractivity contribution < 1.29 is 4.79 Å². The van der Waals surface area contributed by atoms with Gasteiger partial charge in [0.15, 0.2) is 0 Å². The largest absolute Gasteiger partial charge is 0.397 e. The molecular formula is C13H16N4O. The Kier molecular flexibility index (Phi) is 3.32. The van der Waals surface area contributed by atoms with Crippen molar-refractivity contribution in [3.8, 4) is 0 Å². The van der Waals surface area contributed by atoms with Crippen LogP contribution in [-0.4, -0.2) is 15.7 Å². The number of carbonyl (C=O) groups is 1. The van der Waals surface area contributed by atoms with Crippen molar-refractivity contribution in [3.05, 3.63) is 41.7 Å². The number of aryl methyl sites for hydroxylation is 2. The zero-order valence-corrected chi connectivity index (χ0v) is 10.5. The van der Waals surface area contributed by atoms with Crippen molar-refractivity contribution in [2.24, 2.45) is 0 Å². The van der Waals surface area contributed by atoms with Gasteiger partial charge in [-0.2, -0.15) is 5.10 Å². The van der Waals surface area contributed by atoms with Crippen LogP contribution in [0.5, 0.6) is 0 Å². The van der Waals surface area contributed by atoms with Gasteiger partial charge in [0.1, 0.15) is 6.54 Å². The molecule has 0 unspecified atom stereocenters. The van der Waals surface area contributed by atoms with Crippen molar-refractivity contribution >= 4 is 17.3 Å². The first-order valence-corrected chi connectivity index (χ1v) is 5.71. The first kappa shape index (κ1) is 12.2. The van der Waals surface area contributed by atoms with E-state index < -0.39 is 0 Å². The molecule has 0 saturated carbocycles. The monoisotopic (exact) mass is 244 g/mol. The summed E-state index contributed by atoms with van der Waals surface area (Å²) >= 11 is 0. The lowest BCUT2D eigenvalue weighted by Gasteiger charge is -2.11. The van der Waals surface area contributed by atoms with Gasteiger partial charge < -0.3 is 11.1 Å². The highest BCUT2D eigenvalue weighted by atomic mass is 16.2. The number of carbonyl (C=O) groups excluding carboxylic acids is 1. The number of hydrogen-bond donors (Lipinski definition) is 2. The molecule has 0 spiro atoms. The predicted octanol–water partition coefficient (Wildman–Crippen LogP) is 1.72. The van der Waals surface area contributed by atoms with Gasteiger partial charge in [0.25, 0.3) is 0 Å². The third kappa shape index (κ3) is 2.68. The second-order valence-corrected chi connectivity index (χ2v) is 4.24. The van der Waals surface area contributed by atoms with E-state index >= 15 is 0 Å². The van der Waals surface area contributed by atoms with Crippen molar-refractivity contribution in [3.63, 3.8) is 0 Å². The summed E-state index contributed by atoms with van der Waals surface area (Å²) in [6.07, 6.45) is 1.77. The molecule has 18 heavy (non-hydrogen) atoms. The molecule has 0 bridgehead atoms. The Morgan fingerprint density at radius 1 is 1.39 bits per heavy atom. The number of aromatic nitrogens is 2. The Labute approximate surface area is 106 Å². The van der Waals surface area contributed by atoms with Crippen molar-refractivity contribution in [1.82, 2.24) is 9.78 Å². The minimum absolute atomic E-state index is 0.140. The van der Waals surface area contributed by atoms with Gasteiger partial charge in [-0.1, -0.05) is 12.1 Å². The Balaban J connectivity index is 2.08. The first-order valence-electron chi connectivity index (χ1n) is 5.71. The Hall–Kier alpha value is -2.30. The summed E-state index contributed by atoms with van der Waals surface area (Å²) in [4.78, 5) is 11.9. The van der Waals surface area contributed by atoms with Crippen molar-refractivity contribution in [2.75, 3.05) is 11.1 Å². The molecule has 0 saturated heterocycles. The van der Waals surface area contributed by atoms with E-state index in [1.54, 1.807) is 16.9 Å². The van der Waals surface area contributed by atoms with Crippen LogP contribution >= 0.6 is 0 Å². The van der Waals surface area contributed by atoms with Gasteiger partial charge in [0.2, 0.25) is 5.91 Å². The number of amides is 1. The third-order valence-corrected chi connectivity index (χ3v) is 2.65. The van der Waals surface area contributed by atoms with E-state index in [1.807, 2.05) is 32.0 Å². The van der Waals surface area contributed by atoms with Crippen molar-refractivity contribution in [1.29, 1.82) is 0 Å². The lowest BCUT2D eigenvalue weighted by molar-refractivity contribution is -0.116. The van der Waals surface area contributed by atoms with Crippen LogP contribution in [0.1, 0.15) is 11.3 Å². The minimum atomic E-state index is -0.140. The Morgan fingerprint density at radius 2 is 2.17 bits per heavy atom.